The highest BCUT2D eigenvalue weighted by atomic mass is 15.1. The Morgan fingerprint density at radius 2 is 1.90 bits per heavy atom. The molecule has 3 nitrogen and oxygen atoms in total. The summed E-state index contributed by atoms with van der Waals surface area (Å²) in [6, 6.07) is 16.9. The minimum absolute atomic E-state index is 0.863. The Morgan fingerprint density at radius 1 is 1.00 bits per heavy atom. The summed E-state index contributed by atoms with van der Waals surface area (Å²) in [6.07, 6.45) is 0. The molecule has 0 N–H and O–H groups in total. The van der Waals surface area contributed by atoms with E-state index in [0.29, 0.717) is 0 Å². The van der Waals surface area contributed by atoms with Crippen LogP contribution in [0.2, 0.25) is 0 Å². The predicted molar refractivity (Wildman–Crippen MR) is 84.3 cm³/mol. The molecule has 0 spiro atoms. The Bertz CT molecular complexity index is 1030. The molecule has 1 aliphatic rings. The Balaban J connectivity index is 1.87. The molecule has 21 heavy (non-hydrogen) atoms. The number of para-hydroxylation sites is 3. The second-order valence-corrected chi connectivity index (χ2v) is 5.65. The molecule has 2 aromatic carbocycles. The van der Waals surface area contributed by atoms with Crippen LogP contribution in [0.4, 0.5) is 0 Å². The van der Waals surface area contributed by atoms with Crippen molar-refractivity contribution in [1.29, 1.82) is 0 Å². The summed E-state index contributed by atoms with van der Waals surface area (Å²) in [5.74, 6) is 0.997. The molecule has 3 heteroatoms. The lowest BCUT2D eigenvalue weighted by Gasteiger charge is -2.04. The van der Waals surface area contributed by atoms with Crippen LogP contribution in [0.1, 0.15) is 11.1 Å². The van der Waals surface area contributed by atoms with E-state index < -0.39 is 0 Å². The van der Waals surface area contributed by atoms with Crippen LogP contribution in [-0.2, 0) is 6.54 Å². The van der Waals surface area contributed by atoms with Crippen molar-refractivity contribution in [1.82, 2.24) is 14.5 Å². The Kier molecular flexibility index (Phi) is 1.94. The minimum atomic E-state index is 0.863. The van der Waals surface area contributed by atoms with E-state index in [1.807, 2.05) is 6.07 Å². The lowest BCUT2D eigenvalue weighted by Crippen LogP contribution is -1.92. The van der Waals surface area contributed by atoms with E-state index in [4.69, 9.17) is 9.97 Å². The van der Waals surface area contributed by atoms with Crippen LogP contribution in [0, 0.1) is 6.92 Å². The van der Waals surface area contributed by atoms with Gasteiger partial charge in [-0.05, 0) is 30.7 Å². The molecule has 0 atom stereocenters. The topological polar surface area (TPSA) is 30.7 Å². The first-order valence-corrected chi connectivity index (χ1v) is 7.16. The molecule has 0 saturated carbocycles. The maximum absolute atomic E-state index is 4.91. The molecule has 1 aliphatic heterocycles. The number of rotatable bonds is 0. The number of nitrogens with zero attached hydrogens (tertiary/aromatic N) is 3. The van der Waals surface area contributed by atoms with Gasteiger partial charge >= 0.3 is 0 Å². The van der Waals surface area contributed by atoms with Gasteiger partial charge in [-0.25, -0.2) is 9.97 Å². The first-order chi connectivity index (χ1) is 10.3. The lowest BCUT2D eigenvalue weighted by atomic mass is 10.1. The highest BCUT2D eigenvalue weighted by Crippen LogP contribution is 2.35. The molecule has 0 saturated heterocycles. The van der Waals surface area contributed by atoms with Gasteiger partial charge in [0.15, 0.2) is 5.82 Å². The molecule has 0 amide bonds. The van der Waals surface area contributed by atoms with Gasteiger partial charge in [-0.15, -0.1) is 0 Å². The first-order valence-electron chi connectivity index (χ1n) is 7.16. The van der Waals surface area contributed by atoms with Crippen LogP contribution in [0.3, 0.4) is 0 Å². The maximum atomic E-state index is 4.91. The van der Waals surface area contributed by atoms with Crippen molar-refractivity contribution >= 4 is 21.9 Å². The minimum Gasteiger partial charge on any atom is -0.318 e. The van der Waals surface area contributed by atoms with Gasteiger partial charge in [0.05, 0.1) is 23.1 Å². The second-order valence-electron chi connectivity index (χ2n) is 5.65. The molecule has 0 aliphatic carbocycles. The molecule has 0 fully saturated rings. The van der Waals surface area contributed by atoms with E-state index in [-0.39, 0.29) is 0 Å². The summed E-state index contributed by atoms with van der Waals surface area (Å²) < 4.78 is 2.27. The molecule has 4 aromatic rings. The number of aryl methyl sites for hydroxylation is 1. The molecular weight excluding hydrogens is 258 g/mol. The largest absolute Gasteiger partial charge is 0.318 e. The summed E-state index contributed by atoms with van der Waals surface area (Å²) in [5, 5.41) is 1.21. The molecule has 100 valence electrons. The maximum Gasteiger partial charge on any atom is 0.160 e. The van der Waals surface area contributed by atoms with Crippen LogP contribution < -0.4 is 0 Å². The van der Waals surface area contributed by atoms with Crippen molar-refractivity contribution in [2.45, 2.75) is 13.5 Å². The fourth-order valence-corrected chi connectivity index (χ4v) is 3.29. The van der Waals surface area contributed by atoms with Gasteiger partial charge in [-0.2, -0.15) is 0 Å². The van der Waals surface area contributed by atoms with Gasteiger partial charge in [0, 0.05) is 10.9 Å². The Morgan fingerprint density at radius 3 is 2.86 bits per heavy atom. The lowest BCUT2D eigenvalue weighted by molar-refractivity contribution is 0.879. The number of fused-ring (bicyclic) bond motifs is 6. The standard InChI is InChI=1S/C18H13N3/c1-11-5-4-6-12-9-13-10-21-15-8-3-2-7-14(15)19-18(21)17(13)20-16(11)12/h2-9H,10H2,1H3. The van der Waals surface area contributed by atoms with Crippen molar-refractivity contribution < 1.29 is 0 Å². The summed E-state index contributed by atoms with van der Waals surface area (Å²) in [7, 11) is 0. The van der Waals surface area contributed by atoms with Gasteiger partial charge in [0.2, 0.25) is 0 Å². The summed E-state index contributed by atoms with van der Waals surface area (Å²) in [5.41, 5.74) is 6.83. The van der Waals surface area contributed by atoms with Crippen LogP contribution in [0.25, 0.3) is 33.5 Å². The molecule has 0 bridgehead atoms. The number of benzene rings is 2. The van der Waals surface area contributed by atoms with E-state index in [9.17, 15) is 0 Å². The quantitative estimate of drug-likeness (QED) is 0.427. The van der Waals surface area contributed by atoms with Gasteiger partial charge in [-0.3, -0.25) is 0 Å². The summed E-state index contributed by atoms with van der Waals surface area (Å²) >= 11 is 0. The Hall–Kier alpha value is -2.68. The van der Waals surface area contributed by atoms with E-state index in [0.717, 1.165) is 29.1 Å². The fourth-order valence-electron chi connectivity index (χ4n) is 3.29. The van der Waals surface area contributed by atoms with Crippen molar-refractivity contribution in [3.8, 4) is 11.5 Å². The summed E-state index contributed by atoms with van der Waals surface area (Å²) in [4.78, 5) is 9.68. The monoisotopic (exact) mass is 271 g/mol. The molecule has 2 aromatic heterocycles. The van der Waals surface area contributed by atoms with Gasteiger partial charge in [-0.1, -0.05) is 30.3 Å². The third kappa shape index (κ3) is 1.38. The van der Waals surface area contributed by atoms with E-state index in [1.54, 1.807) is 0 Å². The SMILES string of the molecule is Cc1cccc2cc3c(nc12)-c1nc2ccccc2n1C3. The third-order valence-corrected chi connectivity index (χ3v) is 4.32. The molecule has 5 rings (SSSR count). The number of pyridine rings is 1. The highest BCUT2D eigenvalue weighted by molar-refractivity contribution is 5.88. The molecule has 3 heterocycles. The average Bonchev–Trinajstić information content (AvgIpc) is 3.02. The van der Waals surface area contributed by atoms with E-state index in [1.165, 1.54) is 22.0 Å². The Labute approximate surface area is 121 Å². The number of hydrogen-bond donors (Lipinski definition) is 0. The normalized spacial score (nSPS) is 12.8. The number of imidazole rings is 1. The molecular formula is C18H13N3. The zero-order chi connectivity index (χ0) is 14.0. The van der Waals surface area contributed by atoms with Crippen LogP contribution in [0.5, 0.6) is 0 Å². The van der Waals surface area contributed by atoms with Crippen LogP contribution >= 0.6 is 0 Å². The van der Waals surface area contributed by atoms with Crippen molar-refractivity contribution in [3.05, 3.63) is 59.7 Å². The third-order valence-electron chi connectivity index (χ3n) is 4.32. The van der Waals surface area contributed by atoms with E-state index >= 15 is 0 Å². The van der Waals surface area contributed by atoms with Gasteiger partial charge in [0.1, 0.15) is 5.69 Å². The van der Waals surface area contributed by atoms with Crippen molar-refractivity contribution in [2.75, 3.05) is 0 Å². The number of aromatic nitrogens is 3. The zero-order valence-corrected chi connectivity index (χ0v) is 11.7. The summed E-state index contributed by atoms with van der Waals surface area (Å²) in [6.45, 7) is 2.97. The zero-order valence-electron chi connectivity index (χ0n) is 11.7. The smallest absolute Gasteiger partial charge is 0.160 e. The molecule has 0 unspecified atom stereocenters. The first kappa shape index (κ1) is 11.0. The fraction of sp³-hybridized carbons (Fsp3) is 0.111. The van der Waals surface area contributed by atoms with Gasteiger partial charge in [0.25, 0.3) is 0 Å². The van der Waals surface area contributed by atoms with E-state index in [2.05, 4.69) is 54.0 Å². The molecule has 0 radical (unpaired) electrons. The second kappa shape index (κ2) is 3.70. The average molecular weight is 271 g/mol. The van der Waals surface area contributed by atoms with Crippen molar-refractivity contribution in [3.63, 3.8) is 0 Å². The van der Waals surface area contributed by atoms with Crippen LogP contribution in [0.15, 0.2) is 48.5 Å². The predicted octanol–water partition coefficient (Wildman–Crippen LogP) is 3.92. The van der Waals surface area contributed by atoms with Crippen LogP contribution in [-0.4, -0.2) is 14.5 Å². The highest BCUT2D eigenvalue weighted by Gasteiger charge is 2.24. The van der Waals surface area contributed by atoms with Crippen molar-refractivity contribution in [2.24, 2.45) is 0 Å². The number of hydrogen-bond acceptors (Lipinski definition) is 2. The van der Waals surface area contributed by atoms with Gasteiger partial charge < -0.3 is 4.57 Å².